The van der Waals surface area contributed by atoms with Gasteiger partial charge < -0.3 is 20.1 Å². The van der Waals surface area contributed by atoms with Crippen LogP contribution in [0.2, 0.25) is 0 Å². The van der Waals surface area contributed by atoms with Crippen molar-refractivity contribution in [2.24, 2.45) is 0 Å². The van der Waals surface area contributed by atoms with E-state index in [4.69, 9.17) is 10.2 Å². The van der Waals surface area contributed by atoms with E-state index >= 15 is 0 Å². The number of aliphatic hydroxyl groups is 1. The molecule has 88 valence electrons. The lowest BCUT2D eigenvalue weighted by Crippen LogP contribution is -2.47. The fraction of sp³-hybridized carbons (Fsp3) is 0.444. The topological polar surface area (TPSA) is 113 Å². The molecule has 16 heavy (non-hydrogen) atoms. The van der Waals surface area contributed by atoms with Crippen LogP contribution < -0.4 is 5.32 Å². The molecule has 0 saturated heterocycles. The number of aliphatic hydroxyl groups excluding tert-OH is 1. The van der Waals surface area contributed by atoms with E-state index in [1.807, 2.05) is 0 Å². The smallest absolute Gasteiger partial charge is 0.328 e. The number of carbonyl (C=O) groups excluding carboxylic acids is 1. The van der Waals surface area contributed by atoms with Crippen molar-refractivity contribution >= 4 is 11.9 Å². The van der Waals surface area contributed by atoms with Crippen LogP contribution in [0.1, 0.15) is 23.0 Å². The van der Waals surface area contributed by atoms with Gasteiger partial charge in [0.25, 0.3) is 5.91 Å². The van der Waals surface area contributed by atoms with E-state index in [1.54, 1.807) is 6.92 Å². The molecular formula is C9H12N2O5. The van der Waals surface area contributed by atoms with Crippen molar-refractivity contribution in [3.05, 3.63) is 17.5 Å². The zero-order valence-electron chi connectivity index (χ0n) is 8.80. The molecule has 0 radical (unpaired) electrons. The lowest BCUT2D eigenvalue weighted by molar-refractivity contribution is -0.141. The van der Waals surface area contributed by atoms with Crippen LogP contribution >= 0.6 is 0 Å². The number of carbonyl (C=O) groups is 2. The number of nitrogens with zero attached hydrogens (tertiary/aromatic N) is 1. The number of aryl methyl sites for hydroxylation is 1. The summed E-state index contributed by atoms with van der Waals surface area (Å²) in [5.41, 5.74) is 0.493. The molecule has 0 aliphatic heterocycles. The Labute approximate surface area is 91.0 Å². The molecule has 1 aromatic heterocycles. The highest BCUT2D eigenvalue weighted by Crippen LogP contribution is 2.06. The summed E-state index contributed by atoms with van der Waals surface area (Å²) < 4.78 is 4.65. The fourth-order valence-corrected chi connectivity index (χ4v) is 1.10. The van der Waals surface area contributed by atoms with Gasteiger partial charge in [0.2, 0.25) is 5.76 Å². The maximum Gasteiger partial charge on any atom is 0.328 e. The number of nitrogens with one attached hydrogen (secondary N) is 1. The highest BCUT2D eigenvalue weighted by Gasteiger charge is 2.27. The Bertz CT molecular complexity index is 398. The molecule has 1 rings (SSSR count). The van der Waals surface area contributed by atoms with Crippen molar-refractivity contribution in [1.29, 1.82) is 0 Å². The Morgan fingerprint density at radius 3 is 2.56 bits per heavy atom. The van der Waals surface area contributed by atoms with Gasteiger partial charge in [-0.15, -0.1) is 0 Å². The molecule has 0 saturated carbocycles. The van der Waals surface area contributed by atoms with Crippen LogP contribution in [0.5, 0.6) is 0 Å². The summed E-state index contributed by atoms with van der Waals surface area (Å²) in [7, 11) is 0. The molecule has 3 N–H and O–H groups in total. The number of hydrogen-bond acceptors (Lipinski definition) is 5. The van der Waals surface area contributed by atoms with E-state index in [9.17, 15) is 9.59 Å². The van der Waals surface area contributed by atoms with Gasteiger partial charge >= 0.3 is 5.97 Å². The first kappa shape index (κ1) is 12.2. The normalized spacial score (nSPS) is 14.2. The molecule has 0 aliphatic carbocycles. The van der Waals surface area contributed by atoms with E-state index in [1.165, 1.54) is 13.1 Å². The molecule has 0 unspecified atom stereocenters. The van der Waals surface area contributed by atoms with Crippen LogP contribution in [0.4, 0.5) is 0 Å². The predicted octanol–water partition coefficient (Wildman–Crippen LogP) is -0.453. The molecule has 0 aliphatic rings. The number of aromatic nitrogens is 1. The second-order valence-electron chi connectivity index (χ2n) is 3.37. The van der Waals surface area contributed by atoms with Crippen LogP contribution in [-0.4, -0.2) is 39.4 Å². The SMILES string of the molecule is Cc1cnoc1C(=O)N[C@H](C(=O)O)[C@@H](C)O. The molecule has 7 heteroatoms. The molecular weight excluding hydrogens is 216 g/mol. The van der Waals surface area contributed by atoms with Gasteiger partial charge in [0.15, 0.2) is 6.04 Å². The van der Waals surface area contributed by atoms with Crippen molar-refractivity contribution in [2.75, 3.05) is 0 Å². The summed E-state index contributed by atoms with van der Waals surface area (Å²) in [6.45, 7) is 2.87. The Balaban J connectivity index is 2.77. The van der Waals surface area contributed by atoms with E-state index in [0.717, 1.165) is 0 Å². The van der Waals surface area contributed by atoms with Crippen LogP contribution in [-0.2, 0) is 4.79 Å². The predicted molar refractivity (Wildman–Crippen MR) is 51.8 cm³/mol. The first-order valence-corrected chi connectivity index (χ1v) is 4.56. The van der Waals surface area contributed by atoms with Gasteiger partial charge in [-0.25, -0.2) is 4.79 Å². The lowest BCUT2D eigenvalue weighted by Gasteiger charge is -2.15. The quantitative estimate of drug-likeness (QED) is 0.643. The second kappa shape index (κ2) is 4.75. The number of amides is 1. The molecule has 7 nitrogen and oxygen atoms in total. The van der Waals surface area contributed by atoms with Crippen molar-refractivity contribution in [2.45, 2.75) is 26.0 Å². The number of hydrogen-bond donors (Lipinski definition) is 3. The van der Waals surface area contributed by atoms with Gasteiger partial charge in [-0.3, -0.25) is 4.79 Å². The Kier molecular flexibility index (Phi) is 3.62. The molecule has 0 aromatic carbocycles. The number of carboxylic acids is 1. The van der Waals surface area contributed by atoms with Crippen LogP contribution in [0, 0.1) is 6.92 Å². The molecule has 1 heterocycles. The van der Waals surface area contributed by atoms with Crippen molar-refractivity contribution in [3.63, 3.8) is 0 Å². The molecule has 0 spiro atoms. The summed E-state index contributed by atoms with van der Waals surface area (Å²) >= 11 is 0. The average Bonchev–Trinajstić information content (AvgIpc) is 2.59. The highest BCUT2D eigenvalue weighted by molar-refractivity contribution is 5.95. The van der Waals surface area contributed by atoms with E-state index in [-0.39, 0.29) is 5.76 Å². The lowest BCUT2D eigenvalue weighted by atomic mass is 10.1. The summed E-state index contributed by atoms with van der Waals surface area (Å²) in [6.07, 6.45) is 0.136. The van der Waals surface area contributed by atoms with E-state index in [0.29, 0.717) is 5.56 Å². The van der Waals surface area contributed by atoms with Gasteiger partial charge in [-0.05, 0) is 13.8 Å². The van der Waals surface area contributed by atoms with Crippen molar-refractivity contribution < 1.29 is 24.3 Å². The minimum absolute atomic E-state index is 0.0631. The second-order valence-corrected chi connectivity index (χ2v) is 3.37. The van der Waals surface area contributed by atoms with Gasteiger partial charge in [0.05, 0.1) is 12.3 Å². The third-order valence-electron chi connectivity index (χ3n) is 1.99. The van der Waals surface area contributed by atoms with Gasteiger partial charge in [-0.2, -0.15) is 0 Å². The highest BCUT2D eigenvalue weighted by atomic mass is 16.5. The fourth-order valence-electron chi connectivity index (χ4n) is 1.10. The maximum absolute atomic E-state index is 11.5. The Morgan fingerprint density at radius 1 is 1.56 bits per heavy atom. The third-order valence-corrected chi connectivity index (χ3v) is 1.99. The molecule has 0 bridgehead atoms. The summed E-state index contributed by atoms with van der Waals surface area (Å²) in [5.74, 6) is -2.10. The zero-order valence-corrected chi connectivity index (χ0v) is 8.80. The largest absolute Gasteiger partial charge is 0.480 e. The molecule has 2 atom stereocenters. The zero-order chi connectivity index (χ0) is 12.3. The number of rotatable bonds is 4. The Hall–Kier alpha value is -1.89. The van der Waals surface area contributed by atoms with E-state index in [2.05, 4.69) is 15.0 Å². The van der Waals surface area contributed by atoms with Gasteiger partial charge in [0, 0.05) is 5.56 Å². The summed E-state index contributed by atoms with van der Waals surface area (Å²) in [4.78, 5) is 22.2. The van der Waals surface area contributed by atoms with Crippen LogP contribution in [0.25, 0.3) is 0 Å². The monoisotopic (exact) mass is 228 g/mol. The minimum atomic E-state index is -1.38. The summed E-state index contributed by atoms with van der Waals surface area (Å²) in [5, 5.41) is 23.4. The number of aliphatic carboxylic acids is 1. The van der Waals surface area contributed by atoms with Gasteiger partial charge in [0.1, 0.15) is 0 Å². The Morgan fingerprint density at radius 2 is 2.19 bits per heavy atom. The van der Waals surface area contributed by atoms with E-state index < -0.39 is 24.0 Å². The molecule has 1 aromatic rings. The third kappa shape index (κ3) is 2.57. The first-order valence-electron chi connectivity index (χ1n) is 4.56. The minimum Gasteiger partial charge on any atom is -0.480 e. The average molecular weight is 228 g/mol. The number of carboxylic acid groups (broad SMARTS) is 1. The summed E-state index contributed by atoms with van der Waals surface area (Å²) in [6, 6.07) is -1.38. The van der Waals surface area contributed by atoms with Crippen molar-refractivity contribution in [1.82, 2.24) is 10.5 Å². The molecule has 1 amide bonds. The molecule has 0 fully saturated rings. The standard InChI is InChI=1S/C9H12N2O5/c1-4-3-10-16-7(4)8(13)11-6(5(2)12)9(14)15/h3,5-6,12H,1-2H3,(H,11,13)(H,14,15)/t5-,6+/m1/s1. The van der Waals surface area contributed by atoms with Crippen molar-refractivity contribution in [3.8, 4) is 0 Å². The first-order chi connectivity index (χ1) is 7.43. The van der Waals surface area contributed by atoms with Crippen LogP contribution in [0.15, 0.2) is 10.7 Å². The van der Waals surface area contributed by atoms with Gasteiger partial charge in [-0.1, -0.05) is 5.16 Å². The van der Waals surface area contributed by atoms with Crippen LogP contribution in [0.3, 0.4) is 0 Å². The maximum atomic E-state index is 11.5.